The van der Waals surface area contributed by atoms with Gasteiger partial charge >= 0.3 is 5.97 Å². The second-order valence-corrected chi connectivity index (χ2v) is 6.50. The SMILES string of the molecule is CCc1n[nH]c(=O)c(C(=O)NCC(Cc2cccc(C)c2)C(=O)O)c1CC. The van der Waals surface area contributed by atoms with Crippen LogP contribution in [-0.4, -0.2) is 33.7 Å². The number of aromatic amines is 1. The van der Waals surface area contributed by atoms with Gasteiger partial charge in [0, 0.05) is 6.54 Å². The normalized spacial score (nSPS) is 11.8. The molecule has 0 aliphatic heterocycles. The van der Waals surface area contributed by atoms with Crippen LogP contribution in [-0.2, 0) is 24.1 Å². The van der Waals surface area contributed by atoms with E-state index in [0.717, 1.165) is 11.1 Å². The van der Waals surface area contributed by atoms with Crippen LogP contribution in [0.25, 0.3) is 0 Å². The third-order valence-electron chi connectivity index (χ3n) is 4.51. The quantitative estimate of drug-likeness (QED) is 0.656. The Balaban J connectivity index is 2.17. The standard InChI is InChI=1S/C20H25N3O4/c1-4-15-16(5-2)22-23-19(25)17(15)18(24)21-11-14(20(26)27)10-13-8-6-7-12(3)9-13/h6-9,14H,4-5,10-11H2,1-3H3,(H,21,24)(H,23,25)(H,26,27). The average Bonchev–Trinajstić information content (AvgIpc) is 2.64. The number of H-pyrrole nitrogens is 1. The number of carbonyl (C=O) groups excluding carboxylic acids is 1. The molecule has 27 heavy (non-hydrogen) atoms. The zero-order chi connectivity index (χ0) is 20.0. The Morgan fingerprint density at radius 2 is 2.00 bits per heavy atom. The fraction of sp³-hybridized carbons (Fsp3) is 0.400. The number of nitrogens with one attached hydrogen (secondary N) is 2. The number of benzene rings is 1. The van der Waals surface area contributed by atoms with Crippen molar-refractivity contribution in [2.24, 2.45) is 5.92 Å². The lowest BCUT2D eigenvalue weighted by atomic mass is 9.97. The molecular formula is C20H25N3O4. The maximum atomic E-state index is 12.6. The van der Waals surface area contributed by atoms with Crippen LogP contribution in [0.3, 0.4) is 0 Å². The number of aryl methyl sites for hydroxylation is 2. The summed E-state index contributed by atoms with van der Waals surface area (Å²) < 4.78 is 0. The summed E-state index contributed by atoms with van der Waals surface area (Å²) in [6.45, 7) is 5.62. The van der Waals surface area contributed by atoms with Gasteiger partial charge in [-0.3, -0.25) is 14.4 Å². The largest absolute Gasteiger partial charge is 0.481 e. The molecule has 0 spiro atoms. The molecule has 1 amide bonds. The van der Waals surface area contributed by atoms with Crippen LogP contribution in [0, 0.1) is 12.8 Å². The molecule has 1 aromatic carbocycles. The summed E-state index contributed by atoms with van der Waals surface area (Å²) in [5.41, 5.74) is 2.65. The molecule has 1 atom stereocenters. The van der Waals surface area contributed by atoms with Gasteiger partial charge < -0.3 is 10.4 Å². The molecule has 2 rings (SSSR count). The third-order valence-corrected chi connectivity index (χ3v) is 4.51. The fourth-order valence-electron chi connectivity index (χ4n) is 3.11. The molecule has 2 aromatic rings. The Labute approximate surface area is 157 Å². The number of amides is 1. The van der Waals surface area contributed by atoms with Gasteiger partial charge in [0.1, 0.15) is 5.56 Å². The summed E-state index contributed by atoms with van der Waals surface area (Å²) in [5.74, 6) is -2.35. The first kappa shape index (κ1) is 20.4. The summed E-state index contributed by atoms with van der Waals surface area (Å²) in [4.78, 5) is 36.3. The average molecular weight is 371 g/mol. The van der Waals surface area contributed by atoms with Crippen LogP contribution < -0.4 is 10.9 Å². The van der Waals surface area contributed by atoms with Crippen molar-refractivity contribution >= 4 is 11.9 Å². The zero-order valence-electron chi connectivity index (χ0n) is 15.8. The highest BCUT2D eigenvalue weighted by atomic mass is 16.4. The van der Waals surface area contributed by atoms with E-state index in [4.69, 9.17) is 0 Å². The summed E-state index contributed by atoms with van der Waals surface area (Å²) in [6.07, 6.45) is 1.38. The van der Waals surface area contributed by atoms with Crippen molar-refractivity contribution in [3.05, 3.63) is 62.6 Å². The summed E-state index contributed by atoms with van der Waals surface area (Å²) in [5, 5.41) is 18.4. The van der Waals surface area contributed by atoms with Crippen LogP contribution in [0.4, 0.5) is 0 Å². The summed E-state index contributed by atoms with van der Waals surface area (Å²) in [6, 6.07) is 7.60. The predicted molar refractivity (Wildman–Crippen MR) is 102 cm³/mol. The first-order chi connectivity index (χ1) is 12.9. The summed E-state index contributed by atoms with van der Waals surface area (Å²) in [7, 11) is 0. The number of rotatable bonds is 8. The molecule has 0 aliphatic rings. The highest BCUT2D eigenvalue weighted by Crippen LogP contribution is 2.13. The third kappa shape index (κ3) is 5.03. The number of carbonyl (C=O) groups is 2. The van der Waals surface area contributed by atoms with E-state index in [1.54, 1.807) is 0 Å². The number of nitrogens with zero attached hydrogens (tertiary/aromatic N) is 1. The Kier molecular flexibility index (Phi) is 6.87. The molecule has 3 N–H and O–H groups in total. The molecule has 0 bridgehead atoms. The van der Waals surface area contributed by atoms with Gasteiger partial charge in [-0.2, -0.15) is 5.10 Å². The van der Waals surface area contributed by atoms with Gasteiger partial charge in [0.05, 0.1) is 11.6 Å². The summed E-state index contributed by atoms with van der Waals surface area (Å²) >= 11 is 0. The molecule has 0 saturated carbocycles. The first-order valence-electron chi connectivity index (χ1n) is 9.04. The van der Waals surface area contributed by atoms with Gasteiger partial charge in [-0.25, -0.2) is 5.10 Å². The first-order valence-corrected chi connectivity index (χ1v) is 9.04. The van der Waals surface area contributed by atoms with E-state index in [-0.39, 0.29) is 12.1 Å². The van der Waals surface area contributed by atoms with E-state index in [1.165, 1.54) is 0 Å². The van der Waals surface area contributed by atoms with Crippen LogP contribution >= 0.6 is 0 Å². The van der Waals surface area contributed by atoms with E-state index >= 15 is 0 Å². The van der Waals surface area contributed by atoms with Gasteiger partial charge in [-0.1, -0.05) is 43.7 Å². The predicted octanol–water partition coefficient (Wildman–Crippen LogP) is 1.88. The second-order valence-electron chi connectivity index (χ2n) is 6.50. The maximum absolute atomic E-state index is 12.6. The van der Waals surface area contributed by atoms with E-state index in [2.05, 4.69) is 15.5 Å². The van der Waals surface area contributed by atoms with Gasteiger partial charge in [0.2, 0.25) is 0 Å². The Morgan fingerprint density at radius 1 is 1.26 bits per heavy atom. The smallest absolute Gasteiger partial charge is 0.308 e. The number of aromatic nitrogens is 2. The number of carboxylic acid groups (broad SMARTS) is 1. The highest BCUT2D eigenvalue weighted by molar-refractivity contribution is 5.95. The Hall–Kier alpha value is -2.96. The van der Waals surface area contributed by atoms with Crippen LogP contribution in [0.2, 0.25) is 0 Å². The molecular weight excluding hydrogens is 346 g/mol. The fourth-order valence-corrected chi connectivity index (χ4v) is 3.11. The molecule has 0 saturated heterocycles. The molecule has 1 heterocycles. The van der Waals surface area contributed by atoms with Crippen molar-refractivity contribution in [2.75, 3.05) is 6.54 Å². The van der Waals surface area contributed by atoms with Gasteiger partial charge in [-0.05, 0) is 37.3 Å². The molecule has 1 unspecified atom stereocenters. The minimum absolute atomic E-state index is 0.0176. The monoisotopic (exact) mass is 371 g/mol. The van der Waals surface area contributed by atoms with Crippen LogP contribution in [0.15, 0.2) is 29.1 Å². The van der Waals surface area contributed by atoms with E-state index < -0.39 is 23.4 Å². The van der Waals surface area contributed by atoms with E-state index in [9.17, 15) is 19.5 Å². The van der Waals surface area contributed by atoms with Crippen LogP contribution in [0.5, 0.6) is 0 Å². The number of aliphatic carboxylic acids is 1. The number of hydrogen-bond donors (Lipinski definition) is 3. The number of hydrogen-bond acceptors (Lipinski definition) is 4. The lowest BCUT2D eigenvalue weighted by Crippen LogP contribution is -2.37. The number of carboxylic acids is 1. The molecule has 144 valence electrons. The van der Waals surface area contributed by atoms with Crippen LogP contribution in [0.1, 0.15) is 46.6 Å². The van der Waals surface area contributed by atoms with Crippen molar-refractivity contribution in [1.82, 2.24) is 15.5 Å². The zero-order valence-corrected chi connectivity index (χ0v) is 15.8. The minimum atomic E-state index is -0.995. The Morgan fingerprint density at radius 3 is 2.59 bits per heavy atom. The van der Waals surface area contributed by atoms with Crippen molar-refractivity contribution in [1.29, 1.82) is 0 Å². The van der Waals surface area contributed by atoms with Crippen molar-refractivity contribution in [2.45, 2.75) is 40.0 Å². The maximum Gasteiger partial charge on any atom is 0.308 e. The second kappa shape index (κ2) is 9.12. The van der Waals surface area contributed by atoms with Gasteiger partial charge in [-0.15, -0.1) is 0 Å². The van der Waals surface area contributed by atoms with Crippen molar-refractivity contribution < 1.29 is 14.7 Å². The molecule has 0 fully saturated rings. The molecule has 7 nitrogen and oxygen atoms in total. The van der Waals surface area contributed by atoms with E-state index in [1.807, 2.05) is 45.0 Å². The lowest BCUT2D eigenvalue weighted by molar-refractivity contribution is -0.141. The molecule has 7 heteroatoms. The topological polar surface area (TPSA) is 112 Å². The Bertz CT molecular complexity index is 889. The lowest BCUT2D eigenvalue weighted by Gasteiger charge is -2.15. The van der Waals surface area contributed by atoms with Crippen molar-refractivity contribution in [3.63, 3.8) is 0 Å². The molecule has 0 radical (unpaired) electrons. The highest BCUT2D eigenvalue weighted by Gasteiger charge is 2.23. The minimum Gasteiger partial charge on any atom is -0.481 e. The molecule has 0 aliphatic carbocycles. The van der Waals surface area contributed by atoms with Crippen molar-refractivity contribution in [3.8, 4) is 0 Å². The van der Waals surface area contributed by atoms with E-state index in [0.29, 0.717) is 30.5 Å². The molecule has 1 aromatic heterocycles. The van der Waals surface area contributed by atoms with Gasteiger partial charge in [0.25, 0.3) is 11.5 Å². The van der Waals surface area contributed by atoms with Gasteiger partial charge in [0.15, 0.2) is 0 Å².